The molecule has 1 atom stereocenters. The Labute approximate surface area is 116 Å². The maximum absolute atomic E-state index is 11.9. The number of nitrogens with two attached hydrogens (primary N) is 1. The third-order valence-corrected chi connectivity index (χ3v) is 4.43. The van der Waals surface area contributed by atoms with Crippen LogP contribution in [0.2, 0.25) is 0 Å². The lowest BCUT2D eigenvalue weighted by atomic mass is 9.84. The molecule has 0 bridgehead atoms. The van der Waals surface area contributed by atoms with E-state index in [4.69, 9.17) is 10.5 Å². The Bertz CT molecular complexity index is 269. The Morgan fingerprint density at radius 2 is 1.95 bits per heavy atom. The van der Waals surface area contributed by atoms with Gasteiger partial charge in [0.1, 0.15) is 0 Å². The van der Waals surface area contributed by atoms with Crippen LogP contribution in [0.5, 0.6) is 0 Å². The Kier molecular flexibility index (Phi) is 6.11. The first-order chi connectivity index (χ1) is 9.24. The molecule has 2 fully saturated rings. The summed E-state index contributed by atoms with van der Waals surface area (Å²) >= 11 is 0. The smallest absolute Gasteiger partial charge is 0.220 e. The molecule has 0 aromatic rings. The molecule has 2 aliphatic rings. The van der Waals surface area contributed by atoms with Crippen molar-refractivity contribution < 1.29 is 9.53 Å². The van der Waals surface area contributed by atoms with E-state index in [0.717, 1.165) is 51.7 Å². The molecule has 1 amide bonds. The van der Waals surface area contributed by atoms with Crippen LogP contribution in [0.4, 0.5) is 0 Å². The summed E-state index contributed by atoms with van der Waals surface area (Å²) in [6.07, 6.45) is 9.98. The minimum absolute atomic E-state index is 0.205. The second-order valence-corrected chi connectivity index (χ2v) is 6.11. The number of rotatable bonds is 5. The maximum atomic E-state index is 11.9. The van der Waals surface area contributed by atoms with Crippen LogP contribution in [0.25, 0.3) is 0 Å². The van der Waals surface area contributed by atoms with Crippen LogP contribution in [-0.4, -0.2) is 31.2 Å². The first kappa shape index (κ1) is 14.8. The van der Waals surface area contributed by atoms with Crippen molar-refractivity contribution >= 4 is 5.91 Å². The van der Waals surface area contributed by atoms with Crippen LogP contribution in [0, 0.1) is 5.92 Å². The van der Waals surface area contributed by atoms with E-state index >= 15 is 0 Å². The topological polar surface area (TPSA) is 64.4 Å². The number of hydrogen-bond donors (Lipinski definition) is 2. The van der Waals surface area contributed by atoms with Gasteiger partial charge in [-0.25, -0.2) is 0 Å². The standard InChI is InChI=1S/C15H28N2O2/c16-13-6-4-12(5-7-13)11-15(18)17-9-8-14-3-1-2-10-19-14/h12-14H,1-11,16H2,(H,17,18). The van der Waals surface area contributed by atoms with Crippen molar-refractivity contribution in [2.75, 3.05) is 13.2 Å². The molecule has 1 heterocycles. The number of carbonyl (C=O) groups excluding carboxylic acids is 1. The molecule has 1 unspecified atom stereocenters. The molecule has 4 nitrogen and oxygen atoms in total. The van der Waals surface area contributed by atoms with Crippen molar-refractivity contribution in [1.29, 1.82) is 0 Å². The van der Waals surface area contributed by atoms with Gasteiger partial charge < -0.3 is 15.8 Å². The van der Waals surface area contributed by atoms with Gasteiger partial charge in [-0.15, -0.1) is 0 Å². The summed E-state index contributed by atoms with van der Waals surface area (Å²) < 4.78 is 5.66. The minimum atomic E-state index is 0.205. The zero-order valence-corrected chi connectivity index (χ0v) is 11.9. The number of amides is 1. The predicted molar refractivity (Wildman–Crippen MR) is 75.8 cm³/mol. The molecule has 1 aliphatic carbocycles. The fourth-order valence-electron chi connectivity index (χ4n) is 3.13. The monoisotopic (exact) mass is 268 g/mol. The Hall–Kier alpha value is -0.610. The summed E-state index contributed by atoms with van der Waals surface area (Å²) in [7, 11) is 0. The minimum Gasteiger partial charge on any atom is -0.378 e. The van der Waals surface area contributed by atoms with Gasteiger partial charge >= 0.3 is 0 Å². The van der Waals surface area contributed by atoms with Gasteiger partial charge in [0.25, 0.3) is 0 Å². The zero-order chi connectivity index (χ0) is 13.5. The largest absolute Gasteiger partial charge is 0.378 e. The van der Waals surface area contributed by atoms with Crippen molar-refractivity contribution in [2.45, 2.75) is 69.9 Å². The molecule has 4 heteroatoms. The molecular formula is C15H28N2O2. The average molecular weight is 268 g/mol. The molecule has 1 saturated carbocycles. The zero-order valence-electron chi connectivity index (χ0n) is 11.9. The van der Waals surface area contributed by atoms with Gasteiger partial charge in [0.05, 0.1) is 6.10 Å². The van der Waals surface area contributed by atoms with Gasteiger partial charge in [-0.2, -0.15) is 0 Å². The van der Waals surface area contributed by atoms with E-state index in [-0.39, 0.29) is 5.91 Å². The Morgan fingerprint density at radius 3 is 2.63 bits per heavy atom. The van der Waals surface area contributed by atoms with Crippen molar-refractivity contribution in [3.8, 4) is 0 Å². The SMILES string of the molecule is NC1CCC(CC(=O)NCCC2CCCCO2)CC1. The summed E-state index contributed by atoms with van der Waals surface area (Å²) in [5.74, 6) is 0.752. The van der Waals surface area contributed by atoms with Gasteiger partial charge in [0.15, 0.2) is 0 Å². The number of ether oxygens (including phenoxy) is 1. The van der Waals surface area contributed by atoms with Crippen LogP contribution >= 0.6 is 0 Å². The van der Waals surface area contributed by atoms with Crippen molar-refractivity contribution in [3.05, 3.63) is 0 Å². The number of nitrogens with one attached hydrogen (secondary N) is 1. The third-order valence-electron chi connectivity index (χ3n) is 4.43. The fourth-order valence-corrected chi connectivity index (χ4v) is 3.13. The van der Waals surface area contributed by atoms with Crippen LogP contribution in [-0.2, 0) is 9.53 Å². The number of carbonyl (C=O) groups is 1. The first-order valence-electron chi connectivity index (χ1n) is 7.88. The normalized spacial score (nSPS) is 31.9. The second-order valence-electron chi connectivity index (χ2n) is 6.11. The molecule has 0 aromatic carbocycles. The molecule has 0 spiro atoms. The summed E-state index contributed by atoms with van der Waals surface area (Å²) in [5, 5.41) is 3.04. The molecule has 1 aliphatic heterocycles. The highest BCUT2D eigenvalue weighted by molar-refractivity contribution is 5.76. The van der Waals surface area contributed by atoms with Crippen molar-refractivity contribution in [1.82, 2.24) is 5.32 Å². The molecule has 3 N–H and O–H groups in total. The van der Waals surface area contributed by atoms with Gasteiger partial charge in [-0.1, -0.05) is 0 Å². The molecule has 0 aromatic heterocycles. The van der Waals surface area contributed by atoms with Crippen LogP contribution < -0.4 is 11.1 Å². The molecule has 110 valence electrons. The lowest BCUT2D eigenvalue weighted by molar-refractivity contribution is -0.122. The predicted octanol–water partition coefficient (Wildman–Crippen LogP) is 1.97. The highest BCUT2D eigenvalue weighted by Crippen LogP contribution is 2.25. The molecule has 1 saturated heterocycles. The highest BCUT2D eigenvalue weighted by atomic mass is 16.5. The highest BCUT2D eigenvalue weighted by Gasteiger charge is 2.21. The van der Waals surface area contributed by atoms with E-state index in [9.17, 15) is 4.79 Å². The van der Waals surface area contributed by atoms with E-state index in [1.165, 1.54) is 12.8 Å². The summed E-state index contributed by atoms with van der Waals surface area (Å²) in [5.41, 5.74) is 5.88. The molecular weight excluding hydrogens is 240 g/mol. The molecule has 2 rings (SSSR count). The van der Waals surface area contributed by atoms with E-state index in [2.05, 4.69) is 5.32 Å². The summed E-state index contributed by atoms with van der Waals surface area (Å²) in [4.78, 5) is 11.9. The third kappa shape index (κ3) is 5.49. The van der Waals surface area contributed by atoms with Gasteiger partial charge in [0.2, 0.25) is 5.91 Å². The van der Waals surface area contributed by atoms with Gasteiger partial charge in [0, 0.05) is 25.6 Å². The Morgan fingerprint density at radius 1 is 1.16 bits per heavy atom. The molecule has 19 heavy (non-hydrogen) atoms. The fraction of sp³-hybridized carbons (Fsp3) is 0.933. The number of hydrogen-bond acceptors (Lipinski definition) is 3. The maximum Gasteiger partial charge on any atom is 0.220 e. The van der Waals surface area contributed by atoms with E-state index in [1.807, 2.05) is 0 Å². The average Bonchev–Trinajstić information content (AvgIpc) is 2.43. The van der Waals surface area contributed by atoms with E-state index in [1.54, 1.807) is 0 Å². The second kappa shape index (κ2) is 7.85. The lowest BCUT2D eigenvalue weighted by Gasteiger charge is -2.26. The van der Waals surface area contributed by atoms with Crippen molar-refractivity contribution in [2.24, 2.45) is 11.7 Å². The van der Waals surface area contributed by atoms with E-state index in [0.29, 0.717) is 24.5 Å². The van der Waals surface area contributed by atoms with Crippen LogP contribution in [0.3, 0.4) is 0 Å². The molecule has 0 radical (unpaired) electrons. The summed E-state index contributed by atoms with van der Waals surface area (Å²) in [6.45, 7) is 1.65. The van der Waals surface area contributed by atoms with Crippen molar-refractivity contribution in [3.63, 3.8) is 0 Å². The van der Waals surface area contributed by atoms with Gasteiger partial charge in [-0.3, -0.25) is 4.79 Å². The Balaban J connectivity index is 1.54. The summed E-state index contributed by atoms with van der Waals surface area (Å²) in [6, 6.07) is 0.364. The first-order valence-corrected chi connectivity index (χ1v) is 7.88. The lowest BCUT2D eigenvalue weighted by Crippen LogP contribution is -2.32. The van der Waals surface area contributed by atoms with Gasteiger partial charge in [-0.05, 0) is 57.3 Å². The van der Waals surface area contributed by atoms with Crippen LogP contribution in [0.1, 0.15) is 57.8 Å². The van der Waals surface area contributed by atoms with Crippen LogP contribution in [0.15, 0.2) is 0 Å². The van der Waals surface area contributed by atoms with E-state index < -0.39 is 0 Å². The quantitative estimate of drug-likeness (QED) is 0.801.